The Kier molecular flexibility index (Phi) is 8.28. The lowest BCUT2D eigenvalue weighted by Crippen LogP contribution is -2.17. The number of Topliss-reactive ketones (excluding diaryl/α,β-unsaturated/α-hetero) is 2. The number of carbonyl (C=O) groups excluding carboxylic acids is 2. The van der Waals surface area contributed by atoms with Crippen LogP contribution in [0.4, 0.5) is 0 Å². The van der Waals surface area contributed by atoms with Gasteiger partial charge in [0.1, 0.15) is 11.5 Å². The summed E-state index contributed by atoms with van der Waals surface area (Å²) in [4.78, 5) is 26.8. The summed E-state index contributed by atoms with van der Waals surface area (Å²) in [6.45, 7) is 16.5. The van der Waals surface area contributed by atoms with Crippen LogP contribution in [-0.2, 0) is 0 Å². The highest BCUT2D eigenvalue weighted by molar-refractivity contribution is 6.49. The van der Waals surface area contributed by atoms with Crippen molar-refractivity contribution >= 4 is 11.6 Å². The summed E-state index contributed by atoms with van der Waals surface area (Å²) in [6.07, 6.45) is 0. The quantitative estimate of drug-likeness (QED) is 0.305. The first kappa shape index (κ1) is 25.6. The van der Waals surface area contributed by atoms with E-state index in [0.717, 1.165) is 33.8 Å². The van der Waals surface area contributed by atoms with Crippen LogP contribution in [0.2, 0.25) is 0 Å². The Balaban J connectivity index is 2.66. The van der Waals surface area contributed by atoms with Gasteiger partial charge in [-0.05, 0) is 70.2 Å². The molecule has 32 heavy (non-hydrogen) atoms. The predicted molar refractivity (Wildman–Crippen MR) is 131 cm³/mol. The number of methoxy groups -OCH3 is 2. The van der Waals surface area contributed by atoms with Gasteiger partial charge < -0.3 is 9.47 Å². The molecule has 2 aromatic rings. The van der Waals surface area contributed by atoms with Crippen LogP contribution in [0.25, 0.3) is 0 Å². The van der Waals surface area contributed by atoms with Crippen molar-refractivity contribution in [3.05, 3.63) is 57.6 Å². The van der Waals surface area contributed by atoms with E-state index in [1.807, 2.05) is 24.3 Å². The van der Waals surface area contributed by atoms with Crippen LogP contribution in [0.3, 0.4) is 0 Å². The third-order valence-electron chi connectivity index (χ3n) is 5.92. The number of ether oxygens (including phenoxy) is 2. The van der Waals surface area contributed by atoms with Crippen LogP contribution in [0.5, 0.6) is 11.5 Å². The summed E-state index contributed by atoms with van der Waals surface area (Å²) >= 11 is 0. The largest absolute Gasteiger partial charge is 0.496 e. The Labute approximate surface area is 193 Å². The zero-order valence-corrected chi connectivity index (χ0v) is 21.3. The van der Waals surface area contributed by atoms with E-state index in [0.29, 0.717) is 11.1 Å². The minimum Gasteiger partial charge on any atom is -0.496 e. The molecule has 2 aromatic carbocycles. The highest BCUT2D eigenvalue weighted by Crippen LogP contribution is 2.38. The highest BCUT2D eigenvalue weighted by atomic mass is 16.5. The summed E-state index contributed by atoms with van der Waals surface area (Å²) in [5.74, 6) is 1.24. The molecule has 0 atom stereocenters. The molecular weight excluding hydrogens is 400 g/mol. The topological polar surface area (TPSA) is 52.6 Å². The van der Waals surface area contributed by atoms with Crippen LogP contribution in [0.15, 0.2) is 24.3 Å². The number of carbonyl (C=O) groups is 2. The number of ketones is 2. The van der Waals surface area contributed by atoms with Crippen LogP contribution in [0.1, 0.15) is 122 Å². The Bertz CT molecular complexity index is 857. The molecule has 0 aliphatic carbocycles. The molecule has 0 radical (unpaired) electrons. The van der Waals surface area contributed by atoms with Crippen LogP contribution >= 0.6 is 0 Å². The molecule has 174 valence electrons. The molecule has 0 aromatic heterocycles. The van der Waals surface area contributed by atoms with Gasteiger partial charge in [0.15, 0.2) is 0 Å². The maximum atomic E-state index is 13.4. The van der Waals surface area contributed by atoms with Gasteiger partial charge >= 0.3 is 0 Å². The first-order valence-electron chi connectivity index (χ1n) is 11.5. The molecule has 0 aliphatic rings. The molecule has 2 rings (SSSR count). The number of rotatable bonds is 9. The van der Waals surface area contributed by atoms with Gasteiger partial charge in [-0.25, -0.2) is 0 Å². The lowest BCUT2D eigenvalue weighted by atomic mass is 9.87. The maximum Gasteiger partial charge on any atom is 0.233 e. The molecule has 0 unspecified atom stereocenters. The minimum atomic E-state index is -0.494. The monoisotopic (exact) mass is 438 g/mol. The van der Waals surface area contributed by atoms with Gasteiger partial charge in [0.05, 0.1) is 14.2 Å². The SMILES string of the molecule is COc1c(C(C)C)cc(C(=O)C(=O)c2cc(C(C)C)c(OC)c(C(C)C)c2)cc1C(C)C. The van der Waals surface area contributed by atoms with Crippen molar-refractivity contribution in [2.24, 2.45) is 0 Å². The summed E-state index contributed by atoms with van der Waals surface area (Å²) in [5.41, 5.74) is 4.59. The Morgan fingerprint density at radius 2 is 0.750 bits per heavy atom. The normalized spacial score (nSPS) is 11.6. The molecule has 0 spiro atoms. The van der Waals surface area contributed by atoms with E-state index in [1.54, 1.807) is 14.2 Å². The van der Waals surface area contributed by atoms with Crippen molar-refractivity contribution in [3.63, 3.8) is 0 Å². The van der Waals surface area contributed by atoms with Crippen molar-refractivity contribution in [1.29, 1.82) is 0 Å². The predicted octanol–water partition coefficient (Wildman–Crippen LogP) is 7.26. The summed E-state index contributed by atoms with van der Waals surface area (Å²) in [7, 11) is 3.30. The van der Waals surface area contributed by atoms with E-state index in [9.17, 15) is 9.59 Å². The van der Waals surface area contributed by atoms with Crippen LogP contribution in [-0.4, -0.2) is 25.8 Å². The van der Waals surface area contributed by atoms with Gasteiger partial charge in [0.2, 0.25) is 11.6 Å². The zero-order valence-electron chi connectivity index (χ0n) is 21.3. The average molecular weight is 439 g/mol. The van der Waals surface area contributed by atoms with Crippen molar-refractivity contribution in [1.82, 2.24) is 0 Å². The maximum absolute atomic E-state index is 13.4. The first-order chi connectivity index (χ1) is 14.9. The molecule has 0 aliphatic heterocycles. The molecule has 0 saturated carbocycles. The average Bonchev–Trinajstić information content (AvgIpc) is 2.75. The molecule has 4 nitrogen and oxygen atoms in total. The van der Waals surface area contributed by atoms with Gasteiger partial charge in [-0.3, -0.25) is 9.59 Å². The molecule has 4 heteroatoms. The standard InChI is InChI=1S/C28H38O4/c1-15(2)21-11-19(12-22(16(3)4)27(21)31-9)25(29)26(30)20-13-23(17(5)6)28(32-10)24(14-20)18(7)8/h11-18H,1-10H3. The van der Waals surface area contributed by atoms with E-state index < -0.39 is 11.6 Å². The molecule has 0 heterocycles. The molecule has 0 bridgehead atoms. The second-order valence-electron chi connectivity index (χ2n) is 9.65. The fourth-order valence-corrected chi connectivity index (χ4v) is 4.06. The van der Waals surface area contributed by atoms with E-state index in [-0.39, 0.29) is 23.7 Å². The van der Waals surface area contributed by atoms with E-state index in [2.05, 4.69) is 55.4 Å². The second-order valence-corrected chi connectivity index (χ2v) is 9.65. The van der Waals surface area contributed by atoms with E-state index >= 15 is 0 Å². The van der Waals surface area contributed by atoms with Crippen LogP contribution in [0, 0.1) is 0 Å². The third-order valence-corrected chi connectivity index (χ3v) is 5.92. The molecule has 0 fully saturated rings. The first-order valence-corrected chi connectivity index (χ1v) is 11.5. The Hall–Kier alpha value is -2.62. The molecule has 0 saturated heterocycles. The van der Waals surface area contributed by atoms with Crippen molar-refractivity contribution in [2.75, 3.05) is 14.2 Å². The van der Waals surface area contributed by atoms with Gasteiger partial charge in [-0.15, -0.1) is 0 Å². The Morgan fingerprint density at radius 1 is 0.531 bits per heavy atom. The summed E-state index contributed by atoms with van der Waals surface area (Å²) in [5, 5.41) is 0. The summed E-state index contributed by atoms with van der Waals surface area (Å²) in [6, 6.07) is 7.25. The molecule has 0 N–H and O–H groups in total. The van der Waals surface area contributed by atoms with Gasteiger partial charge in [0, 0.05) is 11.1 Å². The lowest BCUT2D eigenvalue weighted by Gasteiger charge is -2.21. The zero-order chi connectivity index (χ0) is 24.3. The van der Waals surface area contributed by atoms with Crippen LogP contribution < -0.4 is 9.47 Å². The third kappa shape index (κ3) is 5.06. The van der Waals surface area contributed by atoms with Crippen molar-refractivity contribution in [3.8, 4) is 11.5 Å². The molecular formula is C28H38O4. The number of hydrogen-bond donors (Lipinski definition) is 0. The van der Waals surface area contributed by atoms with Gasteiger partial charge in [-0.2, -0.15) is 0 Å². The highest BCUT2D eigenvalue weighted by Gasteiger charge is 2.26. The fraction of sp³-hybridized carbons (Fsp3) is 0.500. The fourth-order valence-electron chi connectivity index (χ4n) is 4.06. The smallest absolute Gasteiger partial charge is 0.233 e. The van der Waals surface area contributed by atoms with E-state index in [4.69, 9.17) is 9.47 Å². The summed E-state index contributed by atoms with van der Waals surface area (Å²) < 4.78 is 11.4. The lowest BCUT2D eigenvalue weighted by molar-refractivity contribution is 0.0816. The van der Waals surface area contributed by atoms with Gasteiger partial charge in [-0.1, -0.05) is 55.4 Å². The van der Waals surface area contributed by atoms with Gasteiger partial charge in [0.25, 0.3) is 0 Å². The van der Waals surface area contributed by atoms with E-state index in [1.165, 1.54) is 0 Å². The number of benzene rings is 2. The second kappa shape index (κ2) is 10.3. The van der Waals surface area contributed by atoms with Crippen molar-refractivity contribution in [2.45, 2.75) is 79.1 Å². The molecule has 0 amide bonds. The van der Waals surface area contributed by atoms with Crippen molar-refractivity contribution < 1.29 is 19.1 Å². The Morgan fingerprint density at radius 3 is 0.906 bits per heavy atom. The minimum absolute atomic E-state index is 0.159. The number of hydrogen-bond acceptors (Lipinski definition) is 4.